The molecule has 0 saturated carbocycles. The smallest absolute Gasteiger partial charge is 0.241 e. The third-order valence-corrected chi connectivity index (χ3v) is 6.17. The monoisotopic (exact) mass is 386 g/mol. The molecular formula is C20H26N4O2S. The molecular weight excluding hydrogens is 360 g/mol. The van der Waals surface area contributed by atoms with Crippen molar-refractivity contribution in [3.63, 3.8) is 0 Å². The lowest BCUT2D eigenvalue weighted by molar-refractivity contribution is 0.491. The van der Waals surface area contributed by atoms with Crippen LogP contribution in [0, 0.1) is 13.8 Å². The number of hydrogen-bond donors (Lipinski definition) is 2. The first kappa shape index (κ1) is 19.4. The van der Waals surface area contributed by atoms with Gasteiger partial charge in [-0.1, -0.05) is 12.1 Å². The molecule has 0 amide bonds. The second-order valence-corrected chi connectivity index (χ2v) is 9.40. The molecule has 0 aliphatic heterocycles. The largest absolute Gasteiger partial charge is 0.379 e. The summed E-state index contributed by atoms with van der Waals surface area (Å²) in [4.78, 5) is 4.72. The number of hydrogen-bond acceptors (Lipinski definition) is 4. The summed E-state index contributed by atoms with van der Waals surface area (Å²) in [6.45, 7) is 9.89. The van der Waals surface area contributed by atoms with Crippen molar-refractivity contribution in [1.82, 2.24) is 14.1 Å². The predicted molar refractivity (Wildman–Crippen MR) is 109 cm³/mol. The van der Waals surface area contributed by atoms with Crippen LogP contribution in [0.5, 0.6) is 0 Å². The molecule has 2 heterocycles. The number of pyridine rings is 1. The number of imidazole rings is 1. The molecule has 0 aliphatic rings. The van der Waals surface area contributed by atoms with E-state index < -0.39 is 15.6 Å². The Bertz CT molecular complexity index is 1080. The van der Waals surface area contributed by atoms with Crippen molar-refractivity contribution in [2.24, 2.45) is 0 Å². The van der Waals surface area contributed by atoms with Gasteiger partial charge in [-0.3, -0.25) is 4.40 Å². The van der Waals surface area contributed by atoms with Crippen LogP contribution in [0.2, 0.25) is 0 Å². The van der Waals surface area contributed by atoms with Crippen LogP contribution in [-0.4, -0.2) is 23.3 Å². The maximum absolute atomic E-state index is 12.7. The molecule has 2 N–H and O–H groups in total. The highest BCUT2D eigenvalue weighted by molar-refractivity contribution is 7.89. The second-order valence-electron chi connectivity index (χ2n) is 7.75. The van der Waals surface area contributed by atoms with Crippen LogP contribution in [0.25, 0.3) is 5.65 Å². The van der Waals surface area contributed by atoms with Crippen molar-refractivity contribution >= 4 is 21.4 Å². The van der Waals surface area contributed by atoms with Gasteiger partial charge < -0.3 is 5.32 Å². The van der Waals surface area contributed by atoms with E-state index in [1.165, 1.54) is 0 Å². The minimum Gasteiger partial charge on any atom is -0.379 e. The van der Waals surface area contributed by atoms with Gasteiger partial charge in [0.05, 0.1) is 23.3 Å². The van der Waals surface area contributed by atoms with Gasteiger partial charge in [0.2, 0.25) is 10.0 Å². The van der Waals surface area contributed by atoms with E-state index in [-0.39, 0.29) is 4.90 Å². The van der Waals surface area contributed by atoms with Crippen molar-refractivity contribution in [1.29, 1.82) is 0 Å². The van der Waals surface area contributed by atoms with Gasteiger partial charge in [0, 0.05) is 16.9 Å². The van der Waals surface area contributed by atoms with E-state index >= 15 is 0 Å². The maximum Gasteiger partial charge on any atom is 0.241 e. The number of nitrogens with one attached hydrogen (secondary N) is 2. The van der Waals surface area contributed by atoms with E-state index in [0.717, 1.165) is 22.7 Å². The number of aromatic nitrogens is 2. The van der Waals surface area contributed by atoms with Crippen molar-refractivity contribution in [3.8, 4) is 0 Å². The lowest BCUT2D eigenvalue weighted by Gasteiger charge is -2.22. The zero-order valence-corrected chi connectivity index (χ0v) is 17.2. The minimum absolute atomic E-state index is 0.289. The third kappa shape index (κ3) is 4.14. The van der Waals surface area contributed by atoms with Crippen LogP contribution in [-0.2, 0) is 16.6 Å². The highest BCUT2D eigenvalue weighted by Gasteiger charge is 2.24. The van der Waals surface area contributed by atoms with Gasteiger partial charge in [0.1, 0.15) is 5.65 Å². The molecule has 2 aromatic heterocycles. The van der Waals surface area contributed by atoms with E-state index in [0.29, 0.717) is 12.1 Å². The molecule has 0 saturated heterocycles. The SMILES string of the molecule is Cc1c(NCc2cnc3cccc(C)n23)cccc1S(=O)(=O)NC(C)(C)C. The standard InChI is InChI=1S/C20H26N4O2S/c1-14-8-6-11-19-22-13-16(24(14)19)12-21-17-9-7-10-18(15(17)2)27(25,26)23-20(3,4)5/h6-11,13,21,23H,12H2,1-5H3. The van der Waals surface area contributed by atoms with Gasteiger partial charge >= 0.3 is 0 Å². The summed E-state index contributed by atoms with van der Waals surface area (Å²) in [7, 11) is -3.59. The number of aryl methyl sites for hydroxylation is 1. The quantitative estimate of drug-likeness (QED) is 0.702. The van der Waals surface area contributed by atoms with Gasteiger partial charge in [-0.05, 0) is 64.4 Å². The number of anilines is 1. The average molecular weight is 387 g/mol. The lowest BCUT2D eigenvalue weighted by atomic mass is 10.1. The van der Waals surface area contributed by atoms with Crippen molar-refractivity contribution < 1.29 is 8.42 Å². The molecule has 3 aromatic rings. The number of fused-ring (bicyclic) bond motifs is 1. The first-order chi connectivity index (χ1) is 12.6. The molecule has 1 aromatic carbocycles. The van der Waals surface area contributed by atoms with Crippen LogP contribution < -0.4 is 10.0 Å². The highest BCUT2D eigenvalue weighted by Crippen LogP contribution is 2.25. The molecule has 7 heteroatoms. The Morgan fingerprint density at radius 1 is 1.07 bits per heavy atom. The number of rotatable bonds is 5. The van der Waals surface area contributed by atoms with Crippen molar-refractivity contribution in [3.05, 3.63) is 59.5 Å². The Kier molecular flexibility index (Phi) is 5.01. The second kappa shape index (κ2) is 6.98. The third-order valence-electron chi connectivity index (χ3n) is 4.27. The first-order valence-electron chi connectivity index (χ1n) is 8.88. The molecule has 6 nitrogen and oxygen atoms in total. The van der Waals surface area contributed by atoms with Crippen LogP contribution in [0.4, 0.5) is 5.69 Å². The van der Waals surface area contributed by atoms with Gasteiger partial charge in [0.25, 0.3) is 0 Å². The number of sulfonamides is 1. The molecule has 0 bridgehead atoms. The molecule has 0 atom stereocenters. The van der Waals surface area contributed by atoms with E-state index in [4.69, 9.17) is 0 Å². The Morgan fingerprint density at radius 3 is 2.48 bits per heavy atom. The zero-order valence-electron chi connectivity index (χ0n) is 16.4. The summed E-state index contributed by atoms with van der Waals surface area (Å²) in [5, 5.41) is 3.36. The fourth-order valence-electron chi connectivity index (χ4n) is 3.14. The number of nitrogens with zero attached hydrogens (tertiary/aromatic N) is 2. The average Bonchev–Trinajstić information content (AvgIpc) is 2.96. The molecule has 0 radical (unpaired) electrons. The fourth-order valence-corrected chi connectivity index (χ4v) is 4.83. The lowest BCUT2D eigenvalue weighted by Crippen LogP contribution is -2.40. The van der Waals surface area contributed by atoms with E-state index in [1.54, 1.807) is 12.1 Å². The summed E-state index contributed by atoms with van der Waals surface area (Å²) < 4.78 is 30.2. The topological polar surface area (TPSA) is 75.5 Å². The first-order valence-corrected chi connectivity index (χ1v) is 10.4. The predicted octanol–water partition coefficient (Wildman–Crippen LogP) is 3.64. The molecule has 27 heavy (non-hydrogen) atoms. The maximum atomic E-state index is 12.7. The summed E-state index contributed by atoms with van der Waals surface area (Å²) in [6.07, 6.45) is 1.84. The molecule has 3 rings (SSSR count). The molecule has 0 unspecified atom stereocenters. The Labute approximate surface area is 160 Å². The molecule has 0 aliphatic carbocycles. The summed E-state index contributed by atoms with van der Waals surface area (Å²) in [6, 6.07) is 11.3. The van der Waals surface area contributed by atoms with Gasteiger partial charge in [-0.15, -0.1) is 0 Å². The fraction of sp³-hybridized carbons (Fsp3) is 0.350. The van der Waals surface area contributed by atoms with Crippen molar-refractivity contribution in [2.45, 2.75) is 51.6 Å². The molecule has 144 valence electrons. The summed E-state index contributed by atoms with van der Waals surface area (Å²) in [5.74, 6) is 0. The minimum atomic E-state index is -3.59. The number of benzene rings is 1. The van der Waals surface area contributed by atoms with Gasteiger partial charge in [-0.25, -0.2) is 18.1 Å². The van der Waals surface area contributed by atoms with Crippen LogP contribution in [0.15, 0.2) is 47.5 Å². The molecule has 0 fully saturated rings. The summed E-state index contributed by atoms with van der Waals surface area (Å²) in [5.41, 5.74) is 3.96. The Balaban J connectivity index is 1.88. The zero-order chi connectivity index (χ0) is 19.8. The van der Waals surface area contributed by atoms with Gasteiger partial charge in [0.15, 0.2) is 0 Å². The van der Waals surface area contributed by atoms with E-state index in [1.807, 2.05) is 65.1 Å². The Morgan fingerprint density at radius 2 is 1.78 bits per heavy atom. The van der Waals surface area contributed by atoms with E-state index in [2.05, 4.69) is 19.4 Å². The van der Waals surface area contributed by atoms with E-state index in [9.17, 15) is 8.42 Å². The van der Waals surface area contributed by atoms with Crippen LogP contribution in [0.3, 0.4) is 0 Å². The van der Waals surface area contributed by atoms with Crippen LogP contribution >= 0.6 is 0 Å². The normalized spacial score (nSPS) is 12.5. The van der Waals surface area contributed by atoms with Gasteiger partial charge in [-0.2, -0.15) is 0 Å². The summed E-state index contributed by atoms with van der Waals surface area (Å²) >= 11 is 0. The van der Waals surface area contributed by atoms with Crippen LogP contribution in [0.1, 0.15) is 37.7 Å². The highest BCUT2D eigenvalue weighted by atomic mass is 32.2. The Hall–Kier alpha value is -2.38. The molecule has 0 spiro atoms. The van der Waals surface area contributed by atoms with Crippen molar-refractivity contribution in [2.75, 3.05) is 5.32 Å².